The minimum Gasteiger partial charge on any atom is -0.468 e. The molecule has 0 amide bonds. The molecule has 1 atom stereocenters. The van der Waals surface area contributed by atoms with Crippen LogP contribution in [0, 0.1) is 0 Å². The molecule has 0 saturated carbocycles. The van der Waals surface area contributed by atoms with Gasteiger partial charge in [-0.05, 0) is 0 Å². The Kier molecular flexibility index (Phi) is 3.45. The van der Waals surface area contributed by atoms with Crippen LogP contribution in [-0.2, 0) is 14.3 Å². The molecule has 0 aliphatic carbocycles. The Morgan fingerprint density at radius 2 is 2.62 bits per heavy atom. The normalized spacial score (nSPS) is 27.2. The molecule has 1 unspecified atom stereocenters. The van der Waals surface area contributed by atoms with Crippen molar-refractivity contribution >= 4 is 5.97 Å². The van der Waals surface area contributed by atoms with E-state index in [2.05, 4.69) is 11.9 Å². The fraction of sp³-hybridized carbons (Fsp3) is 0.667. The standard InChI is InChI=1S/C9H15NO3/c1-3-5-10-9(8(11)12-2)4-6-13-7-9/h3,10H,1,4-7H2,2H3. The van der Waals surface area contributed by atoms with Crippen molar-refractivity contribution in [1.29, 1.82) is 0 Å². The van der Waals surface area contributed by atoms with Crippen molar-refractivity contribution in [3.05, 3.63) is 12.7 Å². The first kappa shape index (κ1) is 10.2. The van der Waals surface area contributed by atoms with Gasteiger partial charge in [-0.15, -0.1) is 6.58 Å². The summed E-state index contributed by atoms with van der Waals surface area (Å²) in [6, 6.07) is 0. The van der Waals surface area contributed by atoms with E-state index in [1.807, 2.05) is 0 Å². The summed E-state index contributed by atoms with van der Waals surface area (Å²) in [5.41, 5.74) is -0.650. The number of hydrogen-bond acceptors (Lipinski definition) is 4. The molecular formula is C9H15NO3. The van der Waals surface area contributed by atoms with Crippen LogP contribution in [0.1, 0.15) is 6.42 Å². The largest absolute Gasteiger partial charge is 0.468 e. The zero-order valence-electron chi connectivity index (χ0n) is 7.84. The summed E-state index contributed by atoms with van der Waals surface area (Å²) in [6.45, 7) is 5.14. The molecule has 1 N–H and O–H groups in total. The monoisotopic (exact) mass is 185 g/mol. The molecule has 1 rings (SSSR count). The van der Waals surface area contributed by atoms with Gasteiger partial charge in [0.1, 0.15) is 5.54 Å². The van der Waals surface area contributed by atoms with E-state index in [-0.39, 0.29) is 5.97 Å². The fourth-order valence-corrected chi connectivity index (χ4v) is 1.40. The minimum atomic E-state index is -0.650. The second kappa shape index (κ2) is 4.39. The summed E-state index contributed by atoms with van der Waals surface area (Å²) in [5.74, 6) is -0.258. The number of hydrogen-bond donors (Lipinski definition) is 1. The van der Waals surface area contributed by atoms with E-state index in [0.717, 1.165) is 0 Å². The van der Waals surface area contributed by atoms with Crippen LogP contribution < -0.4 is 5.32 Å². The number of methoxy groups -OCH3 is 1. The lowest BCUT2D eigenvalue weighted by Gasteiger charge is -2.24. The highest BCUT2D eigenvalue weighted by molar-refractivity contribution is 5.81. The van der Waals surface area contributed by atoms with Gasteiger partial charge in [0, 0.05) is 19.6 Å². The van der Waals surface area contributed by atoms with E-state index >= 15 is 0 Å². The Bertz CT molecular complexity index is 197. The Morgan fingerprint density at radius 1 is 1.85 bits per heavy atom. The molecule has 0 radical (unpaired) electrons. The van der Waals surface area contributed by atoms with Crippen molar-refractivity contribution in [1.82, 2.24) is 5.32 Å². The minimum absolute atomic E-state index is 0.258. The van der Waals surface area contributed by atoms with Crippen LogP contribution in [0.25, 0.3) is 0 Å². The van der Waals surface area contributed by atoms with Crippen molar-refractivity contribution in [2.45, 2.75) is 12.0 Å². The summed E-state index contributed by atoms with van der Waals surface area (Å²) >= 11 is 0. The van der Waals surface area contributed by atoms with Gasteiger partial charge in [-0.1, -0.05) is 6.08 Å². The highest BCUT2D eigenvalue weighted by Gasteiger charge is 2.42. The lowest BCUT2D eigenvalue weighted by Crippen LogP contribution is -2.53. The van der Waals surface area contributed by atoms with E-state index in [1.54, 1.807) is 6.08 Å². The third-order valence-corrected chi connectivity index (χ3v) is 2.18. The van der Waals surface area contributed by atoms with Crippen LogP contribution in [-0.4, -0.2) is 38.4 Å². The maximum absolute atomic E-state index is 11.4. The summed E-state index contributed by atoms with van der Waals surface area (Å²) < 4.78 is 9.90. The zero-order chi connectivity index (χ0) is 9.73. The van der Waals surface area contributed by atoms with Crippen LogP contribution in [0.15, 0.2) is 12.7 Å². The third-order valence-electron chi connectivity index (χ3n) is 2.18. The van der Waals surface area contributed by atoms with Gasteiger partial charge in [-0.2, -0.15) is 0 Å². The van der Waals surface area contributed by atoms with Crippen LogP contribution >= 0.6 is 0 Å². The van der Waals surface area contributed by atoms with Crippen molar-refractivity contribution in [2.75, 3.05) is 26.9 Å². The van der Waals surface area contributed by atoms with Crippen LogP contribution in [0.4, 0.5) is 0 Å². The van der Waals surface area contributed by atoms with E-state index in [4.69, 9.17) is 9.47 Å². The first-order valence-electron chi connectivity index (χ1n) is 4.27. The van der Waals surface area contributed by atoms with Crippen LogP contribution in [0.2, 0.25) is 0 Å². The maximum Gasteiger partial charge on any atom is 0.328 e. The van der Waals surface area contributed by atoms with Crippen molar-refractivity contribution < 1.29 is 14.3 Å². The van der Waals surface area contributed by atoms with Gasteiger partial charge in [0.15, 0.2) is 0 Å². The fourth-order valence-electron chi connectivity index (χ4n) is 1.40. The lowest BCUT2D eigenvalue weighted by atomic mass is 9.99. The average Bonchev–Trinajstić information content (AvgIpc) is 2.63. The predicted molar refractivity (Wildman–Crippen MR) is 48.4 cm³/mol. The van der Waals surface area contributed by atoms with Crippen molar-refractivity contribution in [2.24, 2.45) is 0 Å². The smallest absolute Gasteiger partial charge is 0.328 e. The topological polar surface area (TPSA) is 47.6 Å². The first-order valence-corrected chi connectivity index (χ1v) is 4.27. The third kappa shape index (κ3) is 2.08. The Hall–Kier alpha value is -0.870. The molecular weight excluding hydrogens is 170 g/mol. The molecule has 1 heterocycles. The SMILES string of the molecule is C=CCNC1(C(=O)OC)CCOC1. The van der Waals surface area contributed by atoms with Gasteiger partial charge < -0.3 is 9.47 Å². The summed E-state index contributed by atoms with van der Waals surface area (Å²) in [5, 5.41) is 3.08. The molecule has 0 bridgehead atoms. The molecule has 0 spiro atoms. The predicted octanol–water partition coefficient (Wildman–Crippen LogP) is 0.0941. The quantitative estimate of drug-likeness (QED) is 0.498. The summed E-state index contributed by atoms with van der Waals surface area (Å²) in [6.07, 6.45) is 2.37. The molecule has 4 nitrogen and oxygen atoms in total. The number of esters is 1. The summed E-state index contributed by atoms with van der Waals surface area (Å²) in [7, 11) is 1.39. The van der Waals surface area contributed by atoms with Gasteiger partial charge in [0.2, 0.25) is 0 Å². The van der Waals surface area contributed by atoms with Gasteiger partial charge in [-0.3, -0.25) is 5.32 Å². The van der Waals surface area contributed by atoms with Crippen molar-refractivity contribution in [3.8, 4) is 0 Å². The van der Waals surface area contributed by atoms with E-state index in [9.17, 15) is 4.79 Å². The van der Waals surface area contributed by atoms with E-state index in [0.29, 0.717) is 26.2 Å². The molecule has 1 saturated heterocycles. The number of carbonyl (C=O) groups is 1. The number of ether oxygens (including phenoxy) is 2. The van der Waals surface area contributed by atoms with Crippen molar-refractivity contribution in [3.63, 3.8) is 0 Å². The molecule has 0 aromatic rings. The molecule has 4 heteroatoms. The average molecular weight is 185 g/mol. The molecule has 13 heavy (non-hydrogen) atoms. The van der Waals surface area contributed by atoms with E-state index < -0.39 is 5.54 Å². The number of carbonyl (C=O) groups excluding carboxylic acids is 1. The molecule has 0 aromatic carbocycles. The van der Waals surface area contributed by atoms with Gasteiger partial charge in [-0.25, -0.2) is 4.79 Å². The van der Waals surface area contributed by atoms with Crippen LogP contribution in [0.3, 0.4) is 0 Å². The molecule has 1 fully saturated rings. The lowest BCUT2D eigenvalue weighted by molar-refractivity contribution is -0.148. The molecule has 1 aliphatic rings. The molecule has 0 aromatic heterocycles. The highest BCUT2D eigenvalue weighted by Crippen LogP contribution is 2.19. The first-order chi connectivity index (χ1) is 6.25. The van der Waals surface area contributed by atoms with E-state index in [1.165, 1.54) is 7.11 Å². The number of nitrogens with one attached hydrogen (secondary N) is 1. The zero-order valence-corrected chi connectivity index (χ0v) is 7.84. The Labute approximate surface area is 77.9 Å². The molecule has 1 aliphatic heterocycles. The highest BCUT2D eigenvalue weighted by atomic mass is 16.5. The maximum atomic E-state index is 11.4. The summed E-state index contributed by atoms with van der Waals surface area (Å²) in [4.78, 5) is 11.4. The second-order valence-corrected chi connectivity index (χ2v) is 3.05. The van der Waals surface area contributed by atoms with Gasteiger partial charge in [0.25, 0.3) is 0 Å². The molecule has 74 valence electrons. The van der Waals surface area contributed by atoms with Gasteiger partial charge >= 0.3 is 5.97 Å². The number of rotatable bonds is 4. The Balaban J connectivity index is 2.62. The Morgan fingerprint density at radius 3 is 3.08 bits per heavy atom. The van der Waals surface area contributed by atoms with Gasteiger partial charge in [0.05, 0.1) is 13.7 Å². The van der Waals surface area contributed by atoms with Crippen LogP contribution in [0.5, 0.6) is 0 Å². The second-order valence-electron chi connectivity index (χ2n) is 3.05.